The molecule has 1 aliphatic rings. The molecule has 27 heavy (non-hydrogen) atoms. The van der Waals surface area contributed by atoms with Gasteiger partial charge < -0.3 is 15.0 Å². The van der Waals surface area contributed by atoms with Gasteiger partial charge in [-0.2, -0.15) is 0 Å². The number of amides is 1. The van der Waals surface area contributed by atoms with Crippen molar-refractivity contribution in [2.24, 2.45) is 0 Å². The third-order valence-electron chi connectivity index (χ3n) is 4.46. The number of aryl methyl sites for hydroxylation is 1. The molecule has 0 unspecified atom stereocenters. The van der Waals surface area contributed by atoms with E-state index in [1.807, 2.05) is 25.1 Å². The topological polar surface area (TPSA) is 57.7 Å². The van der Waals surface area contributed by atoms with E-state index in [0.717, 1.165) is 37.6 Å². The fourth-order valence-corrected chi connectivity index (χ4v) is 3.57. The van der Waals surface area contributed by atoms with Crippen LogP contribution < -0.4 is 15.0 Å². The number of hydrogen-bond acceptors (Lipinski definition) is 5. The number of piperazine rings is 1. The predicted molar refractivity (Wildman–Crippen MR) is 109 cm³/mol. The Balaban J connectivity index is 1.54. The van der Waals surface area contributed by atoms with Crippen LogP contribution in [-0.2, 0) is 4.79 Å². The van der Waals surface area contributed by atoms with Crippen molar-refractivity contribution in [3.63, 3.8) is 0 Å². The molecule has 1 aromatic heterocycles. The molecule has 2 heterocycles. The van der Waals surface area contributed by atoms with Gasteiger partial charge >= 0.3 is 0 Å². The average Bonchev–Trinajstić information content (AvgIpc) is 2.63. The molecular formula is C19H22Cl2N4O2. The van der Waals surface area contributed by atoms with E-state index in [0.29, 0.717) is 28.0 Å². The van der Waals surface area contributed by atoms with Crippen LogP contribution in [0.2, 0.25) is 10.0 Å². The Morgan fingerprint density at radius 2 is 1.96 bits per heavy atom. The lowest BCUT2D eigenvalue weighted by atomic mass is 10.2. The molecule has 0 spiro atoms. The van der Waals surface area contributed by atoms with Crippen LogP contribution >= 0.6 is 23.2 Å². The number of rotatable bonds is 5. The smallest absolute Gasteiger partial charge is 0.238 e. The molecule has 1 N–H and O–H groups in total. The minimum atomic E-state index is -0.0602. The van der Waals surface area contributed by atoms with Gasteiger partial charge in [-0.05, 0) is 30.7 Å². The summed E-state index contributed by atoms with van der Waals surface area (Å²) in [6.07, 6.45) is 1.60. The summed E-state index contributed by atoms with van der Waals surface area (Å²) >= 11 is 12.1. The Labute approximate surface area is 169 Å². The summed E-state index contributed by atoms with van der Waals surface area (Å²) in [5.74, 6) is 1.33. The monoisotopic (exact) mass is 408 g/mol. The van der Waals surface area contributed by atoms with Gasteiger partial charge in [0, 0.05) is 32.4 Å². The van der Waals surface area contributed by atoms with Crippen molar-refractivity contribution in [1.29, 1.82) is 0 Å². The molecule has 0 aliphatic carbocycles. The van der Waals surface area contributed by atoms with Crippen LogP contribution in [0.25, 0.3) is 0 Å². The van der Waals surface area contributed by atoms with E-state index in [1.165, 1.54) is 0 Å². The first kappa shape index (κ1) is 19.7. The number of ether oxygens (including phenoxy) is 1. The number of carbonyl (C=O) groups excluding carboxylic acids is 1. The minimum absolute atomic E-state index is 0.0602. The molecule has 1 saturated heterocycles. The number of nitrogens with zero attached hydrogens (tertiary/aromatic N) is 3. The highest BCUT2D eigenvalue weighted by atomic mass is 35.5. The number of nitrogens with one attached hydrogen (secondary N) is 1. The summed E-state index contributed by atoms with van der Waals surface area (Å²) < 4.78 is 5.31. The third-order valence-corrected chi connectivity index (χ3v) is 4.94. The summed E-state index contributed by atoms with van der Waals surface area (Å²) in [5.41, 5.74) is 1.75. The van der Waals surface area contributed by atoms with Crippen LogP contribution in [0.4, 0.5) is 11.5 Å². The summed E-state index contributed by atoms with van der Waals surface area (Å²) in [5, 5.41) is 4.00. The molecule has 1 amide bonds. The molecule has 0 bridgehead atoms. The second-order valence-electron chi connectivity index (χ2n) is 6.47. The number of benzene rings is 1. The molecule has 0 radical (unpaired) electrons. The van der Waals surface area contributed by atoms with Gasteiger partial charge in [0.25, 0.3) is 0 Å². The highest BCUT2D eigenvalue weighted by Crippen LogP contribution is 2.27. The second-order valence-corrected chi connectivity index (χ2v) is 7.32. The fourth-order valence-electron chi connectivity index (χ4n) is 3.07. The van der Waals surface area contributed by atoms with E-state index < -0.39 is 0 Å². The van der Waals surface area contributed by atoms with E-state index in [-0.39, 0.29) is 5.91 Å². The van der Waals surface area contributed by atoms with Crippen molar-refractivity contribution < 1.29 is 9.53 Å². The van der Waals surface area contributed by atoms with E-state index in [9.17, 15) is 4.79 Å². The Morgan fingerprint density at radius 3 is 2.63 bits per heavy atom. The minimum Gasteiger partial charge on any atom is -0.495 e. The Kier molecular flexibility index (Phi) is 6.42. The molecule has 1 aliphatic heterocycles. The largest absolute Gasteiger partial charge is 0.495 e. The van der Waals surface area contributed by atoms with Crippen molar-refractivity contribution in [3.8, 4) is 5.75 Å². The van der Waals surface area contributed by atoms with E-state index in [1.54, 1.807) is 19.4 Å². The van der Waals surface area contributed by atoms with Gasteiger partial charge in [0.2, 0.25) is 5.91 Å². The summed E-state index contributed by atoms with van der Waals surface area (Å²) in [7, 11) is 1.59. The van der Waals surface area contributed by atoms with Crippen LogP contribution in [0.1, 0.15) is 5.56 Å². The SMILES string of the molecule is COc1ccc(C)cc1NC(=O)CN1CCN(c2ncc(Cl)cc2Cl)CC1. The van der Waals surface area contributed by atoms with Crippen molar-refractivity contribution in [2.75, 3.05) is 50.1 Å². The van der Waals surface area contributed by atoms with Crippen LogP contribution in [0.15, 0.2) is 30.5 Å². The Hall–Kier alpha value is -2.02. The van der Waals surface area contributed by atoms with Crippen LogP contribution in [-0.4, -0.2) is 55.6 Å². The van der Waals surface area contributed by atoms with Gasteiger partial charge in [0.05, 0.1) is 29.4 Å². The zero-order valence-electron chi connectivity index (χ0n) is 15.3. The molecule has 1 fully saturated rings. The number of anilines is 2. The lowest BCUT2D eigenvalue weighted by molar-refractivity contribution is -0.117. The molecule has 1 aromatic carbocycles. The number of carbonyl (C=O) groups is 1. The highest BCUT2D eigenvalue weighted by Gasteiger charge is 2.22. The average molecular weight is 409 g/mol. The molecule has 144 valence electrons. The first-order chi connectivity index (χ1) is 13.0. The normalized spacial score (nSPS) is 14.9. The summed E-state index contributed by atoms with van der Waals surface area (Å²) in [6, 6.07) is 7.40. The van der Waals surface area contributed by atoms with Crippen molar-refractivity contribution in [3.05, 3.63) is 46.1 Å². The molecular weight excluding hydrogens is 387 g/mol. The zero-order chi connectivity index (χ0) is 19.4. The highest BCUT2D eigenvalue weighted by molar-refractivity contribution is 6.36. The van der Waals surface area contributed by atoms with Gasteiger partial charge in [-0.25, -0.2) is 4.98 Å². The van der Waals surface area contributed by atoms with Gasteiger partial charge in [0.1, 0.15) is 11.6 Å². The third kappa shape index (κ3) is 5.03. The van der Waals surface area contributed by atoms with Gasteiger partial charge in [-0.3, -0.25) is 9.69 Å². The molecule has 0 saturated carbocycles. The quantitative estimate of drug-likeness (QED) is 0.820. The number of halogens is 2. The lowest BCUT2D eigenvalue weighted by Gasteiger charge is -2.35. The van der Waals surface area contributed by atoms with Gasteiger partial charge in [0.15, 0.2) is 0 Å². The number of methoxy groups -OCH3 is 1. The van der Waals surface area contributed by atoms with Crippen LogP contribution in [0.3, 0.4) is 0 Å². The fraction of sp³-hybridized carbons (Fsp3) is 0.368. The van der Waals surface area contributed by atoms with Crippen molar-refractivity contribution in [1.82, 2.24) is 9.88 Å². The van der Waals surface area contributed by atoms with E-state index in [4.69, 9.17) is 27.9 Å². The van der Waals surface area contributed by atoms with Crippen LogP contribution in [0, 0.1) is 6.92 Å². The van der Waals surface area contributed by atoms with Crippen molar-refractivity contribution >= 4 is 40.6 Å². The maximum Gasteiger partial charge on any atom is 0.238 e. The predicted octanol–water partition coefficient (Wildman–Crippen LogP) is 3.47. The first-order valence-electron chi connectivity index (χ1n) is 8.69. The maximum absolute atomic E-state index is 12.4. The molecule has 0 atom stereocenters. The first-order valence-corrected chi connectivity index (χ1v) is 9.44. The standard InChI is InChI=1S/C19H22Cl2N4O2/c1-13-3-4-17(27-2)16(9-13)23-18(26)12-24-5-7-25(8-6-24)19-15(21)10-14(20)11-22-19/h3-4,9-11H,5-8,12H2,1-2H3,(H,23,26). The summed E-state index contributed by atoms with van der Waals surface area (Å²) in [4.78, 5) is 21.0. The van der Waals surface area contributed by atoms with E-state index >= 15 is 0 Å². The molecule has 6 nitrogen and oxygen atoms in total. The summed E-state index contributed by atoms with van der Waals surface area (Å²) in [6.45, 7) is 5.29. The number of aromatic nitrogens is 1. The lowest BCUT2D eigenvalue weighted by Crippen LogP contribution is -2.49. The molecule has 2 aromatic rings. The maximum atomic E-state index is 12.4. The molecule has 3 rings (SSSR count). The number of hydrogen-bond donors (Lipinski definition) is 1. The molecule has 8 heteroatoms. The Bertz CT molecular complexity index is 823. The second kappa shape index (κ2) is 8.78. The van der Waals surface area contributed by atoms with Crippen molar-refractivity contribution in [2.45, 2.75) is 6.92 Å². The van der Waals surface area contributed by atoms with Crippen LogP contribution in [0.5, 0.6) is 5.75 Å². The Morgan fingerprint density at radius 1 is 1.22 bits per heavy atom. The van der Waals surface area contributed by atoms with Gasteiger partial charge in [-0.15, -0.1) is 0 Å². The van der Waals surface area contributed by atoms with Gasteiger partial charge in [-0.1, -0.05) is 29.3 Å². The zero-order valence-corrected chi connectivity index (χ0v) is 16.8. The van der Waals surface area contributed by atoms with E-state index in [2.05, 4.69) is 20.1 Å². The number of pyridine rings is 1.